The Labute approximate surface area is 125 Å². The van der Waals surface area contributed by atoms with E-state index >= 15 is 0 Å². The van der Waals surface area contributed by atoms with Gasteiger partial charge < -0.3 is 10.2 Å². The molecular weight excluding hydrogens is 292 g/mol. The lowest BCUT2D eigenvalue weighted by Crippen LogP contribution is -2.08. The molecule has 0 fully saturated rings. The molecule has 0 amide bonds. The third-order valence-corrected chi connectivity index (χ3v) is 3.70. The molecule has 5 nitrogen and oxygen atoms in total. The van der Waals surface area contributed by atoms with Crippen LogP contribution in [0.2, 0.25) is 5.02 Å². The number of benzene rings is 1. The highest BCUT2D eigenvalue weighted by Crippen LogP contribution is 2.31. The molecule has 2 N–H and O–H groups in total. The van der Waals surface area contributed by atoms with Crippen LogP contribution in [0, 0.1) is 0 Å². The third kappa shape index (κ3) is 2.25. The maximum Gasteiger partial charge on any atom is 0.336 e. The lowest BCUT2D eigenvalue weighted by atomic mass is 10.0. The number of aliphatic imine (C=N–C) groups is 1. The lowest BCUT2D eigenvalue weighted by molar-refractivity contribution is 0.0696. The summed E-state index contributed by atoms with van der Waals surface area (Å²) in [6.45, 7) is 2.15. The molecular formula is C15H11ClN2O3. The predicted octanol–water partition coefficient (Wildman–Crippen LogP) is 3.13. The summed E-state index contributed by atoms with van der Waals surface area (Å²) in [6, 6.07) is 6.16. The summed E-state index contributed by atoms with van der Waals surface area (Å²) in [6.07, 6.45) is 0. The van der Waals surface area contributed by atoms with Crippen molar-refractivity contribution >= 4 is 23.3 Å². The fourth-order valence-electron chi connectivity index (χ4n) is 2.37. The van der Waals surface area contributed by atoms with E-state index in [1.807, 2.05) is 0 Å². The van der Waals surface area contributed by atoms with Crippen LogP contribution in [0.25, 0.3) is 11.3 Å². The Morgan fingerprint density at radius 1 is 1.33 bits per heavy atom. The van der Waals surface area contributed by atoms with Crippen LogP contribution in [-0.4, -0.2) is 26.9 Å². The van der Waals surface area contributed by atoms with Crippen molar-refractivity contribution in [3.05, 3.63) is 46.1 Å². The fraction of sp³-hybridized carbons (Fsp3) is 0.133. The van der Waals surface area contributed by atoms with Crippen LogP contribution in [0.5, 0.6) is 5.75 Å². The number of hydrogen-bond donors (Lipinski definition) is 2. The number of hydrogen-bond acceptors (Lipinski definition) is 4. The third-order valence-electron chi connectivity index (χ3n) is 3.40. The first-order valence-electron chi connectivity index (χ1n) is 6.25. The van der Waals surface area contributed by atoms with Gasteiger partial charge in [0.15, 0.2) is 0 Å². The number of halogens is 1. The SMILES string of the molecule is CC1=NCc2nc(-c3ccc(O)c(Cl)c3)cc(C(=O)O)c21. The molecule has 106 valence electrons. The van der Waals surface area contributed by atoms with Gasteiger partial charge >= 0.3 is 5.97 Å². The van der Waals surface area contributed by atoms with E-state index in [1.54, 1.807) is 19.1 Å². The lowest BCUT2D eigenvalue weighted by Gasteiger charge is -2.09. The first-order chi connectivity index (χ1) is 9.97. The Kier molecular flexibility index (Phi) is 3.14. The van der Waals surface area contributed by atoms with Gasteiger partial charge in [0.2, 0.25) is 0 Å². The molecule has 1 aromatic carbocycles. The average molecular weight is 303 g/mol. The number of phenolic OH excluding ortho intramolecular Hbond substituents is 1. The van der Waals surface area contributed by atoms with E-state index in [0.29, 0.717) is 34.8 Å². The van der Waals surface area contributed by atoms with Crippen molar-refractivity contribution in [3.63, 3.8) is 0 Å². The van der Waals surface area contributed by atoms with Crippen molar-refractivity contribution in [2.24, 2.45) is 4.99 Å². The highest BCUT2D eigenvalue weighted by Gasteiger charge is 2.23. The number of rotatable bonds is 2. The van der Waals surface area contributed by atoms with Crippen molar-refractivity contribution < 1.29 is 15.0 Å². The van der Waals surface area contributed by atoms with E-state index in [9.17, 15) is 15.0 Å². The first-order valence-corrected chi connectivity index (χ1v) is 6.62. The zero-order valence-corrected chi connectivity index (χ0v) is 11.8. The van der Waals surface area contributed by atoms with E-state index in [1.165, 1.54) is 12.1 Å². The Morgan fingerprint density at radius 3 is 2.76 bits per heavy atom. The number of pyridine rings is 1. The molecule has 0 aliphatic carbocycles. The zero-order chi connectivity index (χ0) is 15.1. The number of fused-ring (bicyclic) bond motifs is 1. The Hall–Kier alpha value is -2.40. The van der Waals surface area contributed by atoms with Crippen molar-refractivity contribution in [1.29, 1.82) is 0 Å². The van der Waals surface area contributed by atoms with E-state index in [0.717, 1.165) is 0 Å². The molecule has 3 rings (SSSR count). The standard InChI is InChI=1S/C15H11ClN2O3/c1-7-14-9(15(20)21)5-11(18-12(14)6-17-7)8-2-3-13(19)10(16)4-8/h2-5,19H,6H2,1H3,(H,20,21). The van der Waals surface area contributed by atoms with E-state index < -0.39 is 5.97 Å². The Morgan fingerprint density at radius 2 is 2.10 bits per heavy atom. The van der Waals surface area contributed by atoms with E-state index in [2.05, 4.69) is 9.98 Å². The highest BCUT2D eigenvalue weighted by atomic mass is 35.5. The van der Waals surface area contributed by atoms with Crippen LogP contribution >= 0.6 is 11.6 Å². The minimum absolute atomic E-state index is 0.0285. The molecule has 1 aliphatic heterocycles. The number of aromatic carboxylic acids is 1. The molecule has 21 heavy (non-hydrogen) atoms. The zero-order valence-electron chi connectivity index (χ0n) is 11.1. The van der Waals surface area contributed by atoms with Gasteiger partial charge in [0.25, 0.3) is 0 Å². The maximum atomic E-state index is 11.5. The maximum absolute atomic E-state index is 11.5. The summed E-state index contributed by atoms with van der Waals surface area (Å²) in [7, 11) is 0. The first kappa shape index (κ1) is 13.6. The molecule has 0 saturated heterocycles. The molecule has 0 bridgehead atoms. The molecule has 1 aromatic heterocycles. The summed E-state index contributed by atoms with van der Waals surface area (Å²) < 4.78 is 0. The van der Waals surface area contributed by atoms with Crippen molar-refractivity contribution in [2.75, 3.05) is 0 Å². The number of carboxylic acid groups (broad SMARTS) is 1. The molecule has 6 heteroatoms. The van der Waals surface area contributed by atoms with Gasteiger partial charge in [-0.1, -0.05) is 11.6 Å². The number of aromatic hydroxyl groups is 1. The van der Waals surface area contributed by atoms with E-state index in [4.69, 9.17) is 11.6 Å². The van der Waals surface area contributed by atoms with Gasteiger partial charge in [-0.2, -0.15) is 0 Å². The van der Waals surface area contributed by atoms with Gasteiger partial charge in [-0.15, -0.1) is 0 Å². The number of nitrogens with zero attached hydrogens (tertiary/aromatic N) is 2. The molecule has 2 aromatic rings. The molecule has 0 saturated carbocycles. The van der Waals surface area contributed by atoms with Crippen LogP contribution in [0.15, 0.2) is 29.3 Å². The van der Waals surface area contributed by atoms with Crippen LogP contribution in [0.4, 0.5) is 0 Å². The summed E-state index contributed by atoms with van der Waals surface area (Å²) in [5, 5.41) is 19.0. The van der Waals surface area contributed by atoms with Gasteiger partial charge in [-0.3, -0.25) is 9.98 Å². The Bertz CT molecular complexity index is 800. The minimum Gasteiger partial charge on any atom is -0.506 e. The number of phenols is 1. The van der Waals surface area contributed by atoms with Crippen molar-refractivity contribution in [3.8, 4) is 17.0 Å². The second-order valence-electron chi connectivity index (χ2n) is 4.75. The summed E-state index contributed by atoms with van der Waals surface area (Å²) >= 11 is 5.89. The van der Waals surface area contributed by atoms with Gasteiger partial charge in [0, 0.05) is 16.8 Å². The molecule has 0 atom stereocenters. The molecule has 1 aliphatic rings. The summed E-state index contributed by atoms with van der Waals surface area (Å²) in [4.78, 5) is 20.2. The van der Waals surface area contributed by atoms with Crippen LogP contribution in [0.3, 0.4) is 0 Å². The van der Waals surface area contributed by atoms with Crippen LogP contribution in [0.1, 0.15) is 28.5 Å². The smallest absolute Gasteiger partial charge is 0.336 e. The molecule has 2 heterocycles. The van der Waals surface area contributed by atoms with Crippen LogP contribution in [-0.2, 0) is 6.54 Å². The largest absolute Gasteiger partial charge is 0.506 e. The highest BCUT2D eigenvalue weighted by molar-refractivity contribution is 6.32. The quantitative estimate of drug-likeness (QED) is 0.893. The monoisotopic (exact) mass is 302 g/mol. The number of carbonyl (C=O) groups is 1. The number of carboxylic acids is 1. The van der Waals surface area contributed by atoms with Gasteiger partial charge in [0.05, 0.1) is 28.5 Å². The van der Waals surface area contributed by atoms with Crippen LogP contribution < -0.4 is 0 Å². The fourth-order valence-corrected chi connectivity index (χ4v) is 2.55. The van der Waals surface area contributed by atoms with Gasteiger partial charge in [0.1, 0.15) is 5.75 Å². The topological polar surface area (TPSA) is 82.8 Å². The second kappa shape index (κ2) is 4.86. The Balaban J connectivity index is 2.20. The summed E-state index contributed by atoms with van der Waals surface area (Å²) in [5.74, 6) is -1.05. The van der Waals surface area contributed by atoms with E-state index in [-0.39, 0.29) is 16.3 Å². The normalized spacial score (nSPS) is 13.0. The van der Waals surface area contributed by atoms with Gasteiger partial charge in [-0.25, -0.2) is 4.79 Å². The molecule has 0 radical (unpaired) electrons. The number of aromatic nitrogens is 1. The van der Waals surface area contributed by atoms with Gasteiger partial charge in [-0.05, 0) is 31.2 Å². The minimum atomic E-state index is -1.02. The predicted molar refractivity (Wildman–Crippen MR) is 79.2 cm³/mol. The molecule has 0 unspecified atom stereocenters. The summed E-state index contributed by atoms with van der Waals surface area (Å²) in [5.41, 5.74) is 3.25. The second-order valence-corrected chi connectivity index (χ2v) is 5.16. The average Bonchev–Trinajstić information content (AvgIpc) is 2.82. The molecule has 0 spiro atoms. The van der Waals surface area contributed by atoms with Crippen molar-refractivity contribution in [1.82, 2.24) is 4.98 Å². The van der Waals surface area contributed by atoms with Crippen molar-refractivity contribution in [2.45, 2.75) is 13.5 Å².